The van der Waals surface area contributed by atoms with E-state index in [-0.39, 0.29) is 23.2 Å². The van der Waals surface area contributed by atoms with E-state index in [2.05, 4.69) is 15.3 Å². The van der Waals surface area contributed by atoms with Crippen molar-refractivity contribution in [1.82, 2.24) is 14.9 Å². The Hall–Kier alpha value is -2.51. The van der Waals surface area contributed by atoms with Crippen molar-refractivity contribution in [2.45, 2.75) is 38.8 Å². The monoisotopic (exact) mass is 376 g/mol. The van der Waals surface area contributed by atoms with Gasteiger partial charge >= 0.3 is 6.09 Å². The zero-order valence-corrected chi connectivity index (χ0v) is 15.5. The van der Waals surface area contributed by atoms with Crippen molar-refractivity contribution in [3.05, 3.63) is 30.0 Å². The molecule has 1 aliphatic carbocycles. The maximum Gasteiger partial charge on any atom is 0.410 e. The molecular formula is C19H22F2N4O2. The van der Waals surface area contributed by atoms with Gasteiger partial charge in [0.25, 0.3) is 0 Å². The van der Waals surface area contributed by atoms with Gasteiger partial charge in [0.15, 0.2) is 11.6 Å². The average Bonchev–Trinajstić information content (AvgIpc) is 3.25. The summed E-state index contributed by atoms with van der Waals surface area (Å²) in [7, 11) is 0. The second kappa shape index (κ2) is 6.28. The van der Waals surface area contributed by atoms with Crippen molar-refractivity contribution in [3.8, 4) is 0 Å². The van der Waals surface area contributed by atoms with Crippen LogP contribution in [0.2, 0.25) is 0 Å². The summed E-state index contributed by atoms with van der Waals surface area (Å²) in [5.74, 6) is -0.450. The lowest BCUT2D eigenvalue weighted by Crippen LogP contribution is -2.45. The minimum atomic E-state index is -0.957. The first-order valence-corrected chi connectivity index (χ1v) is 9.06. The first-order valence-electron chi connectivity index (χ1n) is 9.06. The second-order valence-corrected chi connectivity index (χ2v) is 8.25. The molecule has 0 unspecified atom stereocenters. The molecule has 1 N–H and O–H groups in total. The summed E-state index contributed by atoms with van der Waals surface area (Å²) in [6, 6.07) is 2.08. The average molecular weight is 376 g/mol. The number of nitrogens with one attached hydrogen (secondary N) is 1. The van der Waals surface area contributed by atoms with Gasteiger partial charge in [-0.2, -0.15) is 0 Å². The number of rotatable bonds is 3. The molecular weight excluding hydrogens is 354 g/mol. The number of hydrogen-bond donors (Lipinski definition) is 1. The predicted octanol–water partition coefficient (Wildman–Crippen LogP) is 3.58. The molecule has 4 rings (SSSR count). The molecule has 1 saturated carbocycles. The number of fused-ring (bicyclic) bond motifs is 2. The lowest BCUT2D eigenvalue weighted by atomic mass is 10.2. The third-order valence-corrected chi connectivity index (χ3v) is 5.01. The molecule has 0 radical (unpaired) electrons. The molecule has 0 spiro atoms. The number of nitrogens with zero attached hydrogens (tertiary/aromatic N) is 3. The highest BCUT2D eigenvalue weighted by molar-refractivity contribution is 5.75. The fourth-order valence-corrected chi connectivity index (χ4v) is 3.67. The Labute approximate surface area is 155 Å². The van der Waals surface area contributed by atoms with Crippen LogP contribution in [0.3, 0.4) is 0 Å². The van der Waals surface area contributed by atoms with Gasteiger partial charge in [0, 0.05) is 25.2 Å². The molecule has 1 amide bonds. The molecule has 1 saturated heterocycles. The van der Waals surface area contributed by atoms with Gasteiger partial charge in [0.1, 0.15) is 11.4 Å². The zero-order chi connectivity index (χ0) is 19.3. The van der Waals surface area contributed by atoms with E-state index in [0.29, 0.717) is 30.7 Å². The molecule has 2 fully saturated rings. The highest BCUT2D eigenvalue weighted by atomic mass is 19.2. The van der Waals surface area contributed by atoms with Crippen LogP contribution in [-0.4, -0.2) is 45.7 Å². The Morgan fingerprint density at radius 2 is 2.00 bits per heavy atom. The van der Waals surface area contributed by atoms with Gasteiger partial charge in [-0.15, -0.1) is 0 Å². The van der Waals surface area contributed by atoms with Crippen molar-refractivity contribution in [2.75, 3.05) is 18.4 Å². The number of benzene rings is 1. The van der Waals surface area contributed by atoms with E-state index < -0.39 is 17.2 Å². The summed E-state index contributed by atoms with van der Waals surface area (Å²) < 4.78 is 32.2. The Balaban J connectivity index is 1.46. The number of carbonyl (C=O) groups excluding carboxylic acids is 1. The summed E-state index contributed by atoms with van der Waals surface area (Å²) in [6.07, 6.45) is 2.29. The summed E-state index contributed by atoms with van der Waals surface area (Å²) in [6.45, 7) is 6.76. The first kappa shape index (κ1) is 17.9. The van der Waals surface area contributed by atoms with Crippen molar-refractivity contribution in [2.24, 2.45) is 11.8 Å². The van der Waals surface area contributed by atoms with Gasteiger partial charge < -0.3 is 15.0 Å². The van der Waals surface area contributed by atoms with Crippen LogP contribution in [0.4, 0.5) is 19.4 Å². The van der Waals surface area contributed by atoms with Crippen LogP contribution in [0, 0.1) is 23.5 Å². The van der Waals surface area contributed by atoms with Crippen molar-refractivity contribution in [1.29, 1.82) is 0 Å². The highest BCUT2D eigenvalue weighted by Gasteiger charge is 2.54. The van der Waals surface area contributed by atoms with Crippen molar-refractivity contribution >= 4 is 22.9 Å². The number of carbonyl (C=O) groups is 1. The van der Waals surface area contributed by atoms with E-state index in [1.54, 1.807) is 4.90 Å². The van der Waals surface area contributed by atoms with Crippen molar-refractivity contribution in [3.63, 3.8) is 0 Å². The van der Waals surface area contributed by atoms with Gasteiger partial charge in [0.2, 0.25) is 0 Å². The van der Waals surface area contributed by atoms with Crippen LogP contribution in [0.5, 0.6) is 0 Å². The third kappa shape index (κ3) is 3.65. The van der Waals surface area contributed by atoms with E-state index in [1.807, 2.05) is 20.8 Å². The normalized spacial score (nSPS) is 24.0. The predicted molar refractivity (Wildman–Crippen MR) is 96.3 cm³/mol. The van der Waals surface area contributed by atoms with Gasteiger partial charge in [-0.05, 0) is 39.0 Å². The van der Waals surface area contributed by atoms with Crippen LogP contribution in [-0.2, 0) is 4.74 Å². The molecule has 3 atom stereocenters. The van der Waals surface area contributed by atoms with E-state index in [9.17, 15) is 13.6 Å². The summed E-state index contributed by atoms with van der Waals surface area (Å²) in [4.78, 5) is 22.7. The van der Waals surface area contributed by atoms with Crippen LogP contribution in [0.25, 0.3) is 11.0 Å². The zero-order valence-electron chi connectivity index (χ0n) is 15.5. The molecule has 8 heteroatoms. The van der Waals surface area contributed by atoms with Gasteiger partial charge in [-0.3, -0.25) is 4.98 Å². The number of likely N-dealkylation sites (tertiary alicyclic amines) is 1. The Morgan fingerprint density at radius 1 is 1.30 bits per heavy atom. The topological polar surface area (TPSA) is 67.3 Å². The molecule has 6 nitrogen and oxygen atoms in total. The minimum absolute atomic E-state index is 0.0206. The molecule has 1 aromatic heterocycles. The number of halogens is 2. The third-order valence-electron chi connectivity index (χ3n) is 5.01. The van der Waals surface area contributed by atoms with Gasteiger partial charge in [-0.1, -0.05) is 0 Å². The van der Waals surface area contributed by atoms with Crippen LogP contribution in [0.15, 0.2) is 18.3 Å². The molecule has 27 heavy (non-hydrogen) atoms. The van der Waals surface area contributed by atoms with E-state index in [1.165, 1.54) is 6.20 Å². The van der Waals surface area contributed by atoms with Crippen LogP contribution < -0.4 is 5.32 Å². The molecule has 2 aromatic rings. The minimum Gasteiger partial charge on any atom is -0.444 e. The number of hydrogen-bond acceptors (Lipinski definition) is 5. The number of aromatic nitrogens is 2. The summed E-state index contributed by atoms with van der Waals surface area (Å²) in [5.41, 5.74) is 0.0296. The fourth-order valence-electron chi connectivity index (χ4n) is 3.67. The van der Waals surface area contributed by atoms with Gasteiger partial charge in [0.05, 0.1) is 23.3 Å². The largest absolute Gasteiger partial charge is 0.444 e. The number of amides is 1. The summed E-state index contributed by atoms with van der Waals surface area (Å²) >= 11 is 0. The van der Waals surface area contributed by atoms with E-state index in [0.717, 1.165) is 18.6 Å². The highest BCUT2D eigenvalue weighted by Crippen LogP contribution is 2.49. The Bertz CT molecular complexity index is 899. The molecule has 1 aromatic carbocycles. The molecule has 2 heterocycles. The lowest BCUT2D eigenvalue weighted by Gasteiger charge is -2.30. The quantitative estimate of drug-likeness (QED) is 0.887. The van der Waals surface area contributed by atoms with Crippen LogP contribution in [0.1, 0.15) is 27.2 Å². The second-order valence-electron chi connectivity index (χ2n) is 8.25. The molecule has 2 aliphatic rings. The summed E-state index contributed by atoms with van der Waals surface area (Å²) in [5, 5.41) is 3.18. The first-order chi connectivity index (χ1) is 12.7. The smallest absolute Gasteiger partial charge is 0.410 e. The van der Waals surface area contributed by atoms with Gasteiger partial charge in [-0.25, -0.2) is 18.6 Å². The van der Waals surface area contributed by atoms with Crippen LogP contribution >= 0.6 is 0 Å². The van der Waals surface area contributed by atoms with Crippen molar-refractivity contribution < 1.29 is 18.3 Å². The van der Waals surface area contributed by atoms with E-state index in [4.69, 9.17) is 4.74 Å². The fraction of sp³-hybridized carbons (Fsp3) is 0.526. The van der Waals surface area contributed by atoms with E-state index >= 15 is 0 Å². The Kier molecular flexibility index (Phi) is 4.16. The number of anilines is 1. The maximum atomic E-state index is 13.4. The number of piperidine rings is 1. The number of ether oxygens (including phenoxy) is 1. The molecule has 144 valence electrons. The standard InChI is InChI=1S/C19H22F2N4O2/c1-19(2,3)27-18(26)25-9-10-4-11(10)16(25)7-23-17-8-22-14-5-12(20)13(21)6-15(14)24-17/h5-6,8,10-11,16H,4,7,9H2,1-3H3,(H,23,24)/t10-,11-,16-/m1/s1. The maximum absolute atomic E-state index is 13.4. The molecule has 1 aliphatic heterocycles. The Morgan fingerprint density at radius 3 is 2.70 bits per heavy atom. The SMILES string of the molecule is CC(C)(C)OC(=O)N1C[C@H]2C[C@H]2[C@H]1CNc1cnc2cc(F)c(F)cc2n1. The molecule has 0 bridgehead atoms. The lowest BCUT2D eigenvalue weighted by molar-refractivity contribution is 0.0203.